The Hall–Kier alpha value is -0.930. The number of nitrogens with zero attached hydrogens (tertiary/aromatic N) is 1. The van der Waals surface area contributed by atoms with E-state index in [4.69, 9.17) is 5.84 Å². The van der Waals surface area contributed by atoms with Gasteiger partial charge in [-0.2, -0.15) is 0 Å². The summed E-state index contributed by atoms with van der Waals surface area (Å²) in [5, 5.41) is 0. The van der Waals surface area contributed by atoms with Gasteiger partial charge in [0, 0.05) is 24.4 Å². The van der Waals surface area contributed by atoms with E-state index in [0.29, 0.717) is 11.5 Å². The van der Waals surface area contributed by atoms with Crippen LogP contribution in [-0.4, -0.2) is 11.0 Å². The fourth-order valence-electron chi connectivity index (χ4n) is 2.77. The van der Waals surface area contributed by atoms with Gasteiger partial charge in [0.1, 0.15) is 0 Å². The molecule has 88 valence electrons. The first-order valence-corrected chi connectivity index (χ1v) is 6.11. The second kappa shape index (κ2) is 4.93. The Kier molecular flexibility index (Phi) is 3.56. The molecule has 1 atom stereocenters. The second-order valence-corrected chi connectivity index (χ2v) is 5.11. The van der Waals surface area contributed by atoms with E-state index in [2.05, 4.69) is 23.4 Å². The Bertz CT molecular complexity index is 317. The highest BCUT2D eigenvalue weighted by Crippen LogP contribution is 2.41. The van der Waals surface area contributed by atoms with Gasteiger partial charge in [-0.1, -0.05) is 25.8 Å². The van der Waals surface area contributed by atoms with Gasteiger partial charge in [0.05, 0.1) is 0 Å². The van der Waals surface area contributed by atoms with Crippen molar-refractivity contribution in [1.82, 2.24) is 10.4 Å². The number of hydrazine groups is 1. The van der Waals surface area contributed by atoms with Crippen LogP contribution < -0.4 is 11.3 Å². The van der Waals surface area contributed by atoms with Crippen LogP contribution in [0.5, 0.6) is 0 Å². The average molecular weight is 219 g/mol. The summed E-state index contributed by atoms with van der Waals surface area (Å²) in [7, 11) is 0. The van der Waals surface area contributed by atoms with E-state index < -0.39 is 0 Å². The number of aromatic nitrogens is 1. The molecule has 0 saturated heterocycles. The Balaban J connectivity index is 2.06. The fraction of sp³-hybridized carbons (Fsp3) is 0.615. The fourth-order valence-corrected chi connectivity index (χ4v) is 2.77. The molecule has 1 aromatic heterocycles. The van der Waals surface area contributed by atoms with E-state index in [9.17, 15) is 0 Å². The largest absolute Gasteiger partial charge is 0.271 e. The van der Waals surface area contributed by atoms with Crippen LogP contribution in [0.25, 0.3) is 0 Å². The molecule has 1 aliphatic carbocycles. The smallest absolute Gasteiger partial charge is 0.0419 e. The summed E-state index contributed by atoms with van der Waals surface area (Å²) >= 11 is 0. The molecule has 3 N–H and O–H groups in total. The molecule has 0 radical (unpaired) electrons. The summed E-state index contributed by atoms with van der Waals surface area (Å²) in [5.41, 5.74) is 4.46. The Labute approximate surface area is 97.4 Å². The van der Waals surface area contributed by atoms with Gasteiger partial charge in [-0.3, -0.25) is 16.3 Å². The topological polar surface area (TPSA) is 50.9 Å². The van der Waals surface area contributed by atoms with Crippen LogP contribution in [0.2, 0.25) is 0 Å². The summed E-state index contributed by atoms with van der Waals surface area (Å²) < 4.78 is 0. The molecule has 1 aliphatic rings. The number of nitrogens with one attached hydrogen (secondary N) is 1. The third-order valence-corrected chi connectivity index (χ3v) is 3.93. The normalized spacial score (nSPS) is 20.9. The van der Waals surface area contributed by atoms with Gasteiger partial charge in [0.2, 0.25) is 0 Å². The molecule has 3 nitrogen and oxygen atoms in total. The highest BCUT2D eigenvalue weighted by atomic mass is 15.2. The number of rotatable bonds is 4. The van der Waals surface area contributed by atoms with Crippen molar-refractivity contribution < 1.29 is 0 Å². The third kappa shape index (κ3) is 2.42. The van der Waals surface area contributed by atoms with Gasteiger partial charge in [-0.05, 0) is 30.4 Å². The summed E-state index contributed by atoms with van der Waals surface area (Å²) in [6.07, 6.45) is 7.98. The molecule has 16 heavy (non-hydrogen) atoms. The van der Waals surface area contributed by atoms with Crippen molar-refractivity contribution in [3.8, 4) is 0 Å². The molecular formula is C13H21N3. The molecule has 3 heteroatoms. The lowest BCUT2D eigenvalue weighted by Gasteiger charge is -2.33. The van der Waals surface area contributed by atoms with Crippen LogP contribution in [0.4, 0.5) is 0 Å². The van der Waals surface area contributed by atoms with E-state index >= 15 is 0 Å². The van der Waals surface area contributed by atoms with Gasteiger partial charge in [0.25, 0.3) is 0 Å². The predicted molar refractivity (Wildman–Crippen MR) is 65.6 cm³/mol. The predicted octanol–water partition coefficient (Wildman–Crippen LogP) is 2.04. The maximum atomic E-state index is 5.71. The van der Waals surface area contributed by atoms with Gasteiger partial charge in [-0.15, -0.1) is 0 Å². The molecule has 1 aromatic rings. The molecular weight excluding hydrogens is 198 g/mol. The van der Waals surface area contributed by atoms with Crippen molar-refractivity contribution in [1.29, 1.82) is 0 Å². The first-order valence-electron chi connectivity index (χ1n) is 6.11. The van der Waals surface area contributed by atoms with Crippen LogP contribution in [-0.2, 0) is 6.42 Å². The zero-order valence-corrected chi connectivity index (χ0v) is 9.95. The summed E-state index contributed by atoms with van der Waals surface area (Å²) in [5.74, 6) is 5.71. The maximum absolute atomic E-state index is 5.71. The number of hydrogen-bond acceptors (Lipinski definition) is 3. The van der Waals surface area contributed by atoms with Crippen LogP contribution in [0.3, 0.4) is 0 Å². The quantitative estimate of drug-likeness (QED) is 0.602. The molecule has 0 bridgehead atoms. The van der Waals surface area contributed by atoms with E-state index in [1.807, 2.05) is 18.3 Å². The van der Waals surface area contributed by atoms with Crippen LogP contribution >= 0.6 is 0 Å². The monoisotopic (exact) mass is 219 g/mol. The minimum absolute atomic E-state index is 0.338. The Morgan fingerprint density at radius 2 is 2.19 bits per heavy atom. The number of nitrogens with two attached hydrogens (primary N) is 1. The van der Waals surface area contributed by atoms with Gasteiger partial charge in [-0.25, -0.2) is 0 Å². The molecule has 0 amide bonds. The average Bonchev–Trinajstić information content (AvgIpc) is 2.75. The lowest BCUT2D eigenvalue weighted by molar-refractivity contribution is 0.219. The third-order valence-electron chi connectivity index (χ3n) is 3.93. The highest BCUT2D eigenvalue weighted by molar-refractivity contribution is 5.07. The molecule has 2 rings (SSSR count). The van der Waals surface area contributed by atoms with Crippen molar-refractivity contribution >= 4 is 0 Å². The first kappa shape index (κ1) is 11.6. The zero-order chi connectivity index (χ0) is 11.4. The summed E-state index contributed by atoms with van der Waals surface area (Å²) in [4.78, 5) is 4.37. The SMILES string of the molecule is CC1(C(Cc2ccccn2)NN)CCCC1. The van der Waals surface area contributed by atoms with Crippen molar-refractivity contribution in [2.75, 3.05) is 0 Å². The van der Waals surface area contributed by atoms with Crippen LogP contribution in [0.1, 0.15) is 38.3 Å². The molecule has 0 aliphatic heterocycles. The summed E-state index contributed by atoms with van der Waals surface area (Å²) in [6, 6.07) is 6.39. The van der Waals surface area contributed by atoms with Crippen molar-refractivity contribution in [2.24, 2.45) is 11.3 Å². The molecule has 1 saturated carbocycles. The Morgan fingerprint density at radius 1 is 1.44 bits per heavy atom. The summed E-state index contributed by atoms with van der Waals surface area (Å²) in [6.45, 7) is 2.34. The van der Waals surface area contributed by atoms with Gasteiger partial charge >= 0.3 is 0 Å². The van der Waals surface area contributed by atoms with Crippen molar-refractivity contribution in [2.45, 2.75) is 45.1 Å². The van der Waals surface area contributed by atoms with E-state index in [1.165, 1.54) is 25.7 Å². The lowest BCUT2D eigenvalue weighted by Crippen LogP contribution is -2.47. The molecule has 1 unspecified atom stereocenters. The molecule has 1 heterocycles. The highest BCUT2D eigenvalue weighted by Gasteiger charge is 2.36. The Morgan fingerprint density at radius 3 is 2.75 bits per heavy atom. The zero-order valence-electron chi connectivity index (χ0n) is 9.95. The standard InChI is InChI=1S/C13H21N3/c1-13(7-3-4-8-13)12(16-14)10-11-6-2-5-9-15-11/h2,5-6,9,12,16H,3-4,7-8,10,14H2,1H3. The second-order valence-electron chi connectivity index (χ2n) is 5.11. The minimum Gasteiger partial charge on any atom is -0.271 e. The van der Waals surface area contributed by atoms with Crippen LogP contribution in [0, 0.1) is 5.41 Å². The maximum Gasteiger partial charge on any atom is 0.0419 e. The molecule has 1 fully saturated rings. The minimum atomic E-state index is 0.338. The lowest BCUT2D eigenvalue weighted by atomic mass is 9.79. The van der Waals surface area contributed by atoms with Gasteiger partial charge in [0.15, 0.2) is 0 Å². The van der Waals surface area contributed by atoms with E-state index in [1.54, 1.807) is 0 Å². The number of pyridine rings is 1. The first-order chi connectivity index (χ1) is 7.74. The molecule has 0 spiro atoms. The van der Waals surface area contributed by atoms with E-state index in [0.717, 1.165) is 12.1 Å². The van der Waals surface area contributed by atoms with E-state index in [-0.39, 0.29) is 0 Å². The molecule has 0 aromatic carbocycles. The van der Waals surface area contributed by atoms with Crippen LogP contribution in [0.15, 0.2) is 24.4 Å². The van der Waals surface area contributed by atoms with Crippen molar-refractivity contribution in [3.63, 3.8) is 0 Å². The van der Waals surface area contributed by atoms with Gasteiger partial charge < -0.3 is 0 Å². The van der Waals surface area contributed by atoms with Crippen molar-refractivity contribution in [3.05, 3.63) is 30.1 Å². The number of hydrogen-bond donors (Lipinski definition) is 2.